The summed E-state index contributed by atoms with van der Waals surface area (Å²) in [5.74, 6) is 0. The number of pyridine rings is 1. The molecule has 48 heavy (non-hydrogen) atoms. The Bertz CT molecular complexity index is 2320. The Labute approximate surface area is 281 Å². The zero-order valence-corrected chi connectivity index (χ0v) is 27.9. The fraction of sp³-hybridized carbons (Fsp3) is 0.270. The van der Waals surface area contributed by atoms with Gasteiger partial charge in [0.1, 0.15) is 5.60 Å². The van der Waals surface area contributed by atoms with Crippen molar-refractivity contribution in [1.29, 1.82) is 0 Å². The van der Waals surface area contributed by atoms with Crippen molar-refractivity contribution in [2.24, 2.45) is 0 Å². The molecule has 1 N–H and O–H groups in total. The molecule has 6 aromatic rings. The molecule has 1 aliphatic heterocycles. The van der Waals surface area contributed by atoms with Crippen LogP contribution < -0.4 is 11.2 Å². The number of carbonyl (C=O) groups excluding carboxylic acids is 1. The summed E-state index contributed by atoms with van der Waals surface area (Å²) in [6.45, 7) is 8.82. The largest absolute Gasteiger partial charge is 0.444 e. The Morgan fingerprint density at radius 2 is 1.71 bits per heavy atom. The van der Waals surface area contributed by atoms with Crippen molar-refractivity contribution in [2.45, 2.75) is 52.2 Å². The van der Waals surface area contributed by atoms with E-state index in [-0.39, 0.29) is 12.1 Å². The van der Waals surface area contributed by atoms with Crippen LogP contribution in [0.15, 0.2) is 88.8 Å². The highest BCUT2D eigenvalue weighted by atomic mass is 35.5. The molecule has 0 atom stereocenters. The summed E-state index contributed by atoms with van der Waals surface area (Å²) in [7, 11) is 0. The number of nitrogens with zero attached hydrogens (tertiary/aromatic N) is 5. The van der Waals surface area contributed by atoms with Crippen LogP contribution in [0.4, 0.5) is 4.79 Å². The second kappa shape index (κ2) is 12.1. The number of ether oxygens (including phenoxy) is 1. The summed E-state index contributed by atoms with van der Waals surface area (Å²) in [6, 6.07) is 18.7. The number of hydrogen-bond acceptors (Lipinski definition) is 6. The Kier molecular flexibility index (Phi) is 7.91. The summed E-state index contributed by atoms with van der Waals surface area (Å²) < 4.78 is 8.73. The molecule has 4 heterocycles. The van der Waals surface area contributed by atoms with Crippen LogP contribution in [0, 0.1) is 6.92 Å². The number of likely N-dealkylation sites (tertiary alicyclic amines) is 1. The van der Waals surface area contributed by atoms with E-state index in [1.807, 2.05) is 87.1 Å². The van der Waals surface area contributed by atoms with Gasteiger partial charge in [0.25, 0.3) is 5.56 Å². The molecule has 0 aliphatic carbocycles. The number of rotatable bonds is 4. The molecule has 7 rings (SSSR count). The lowest BCUT2D eigenvalue weighted by Crippen LogP contribution is -2.42. The van der Waals surface area contributed by atoms with E-state index in [0.717, 1.165) is 56.1 Å². The van der Waals surface area contributed by atoms with E-state index < -0.39 is 16.9 Å². The second-order valence-corrected chi connectivity index (χ2v) is 13.6. The smallest absolute Gasteiger partial charge is 0.410 e. The van der Waals surface area contributed by atoms with Gasteiger partial charge in [-0.05, 0) is 69.9 Å². The predicted molar refractivity (Wildman–Crippen MR) is 188 cm³/mol. The highest BCUT2D eigenvalue weighted by Gasteiger charge is 2.29. The van der Waals surface area contributed by atoms with Gasteiger partial charge >= 0.3 is 11.8 Å². The third-order valence-corrected chi connectivity index (χ3v) is 9.20. The number of aromatic nitrogens is 5. The molecule has 3 aromatic heterocycles. The topological polar surface area (TPSA) is 115 Å². The van der Waals surface area contributed by atoms with E-state index in [2.05, 4.69) is 9.97 Å². The van der Waals surface area contributed by atoms with E-state index in [1.165, 1.54) is 6.20 Å². The maximum absolute atomic E-state index is 13.8. The first kappa shape index (κ1) is 31.4. The first-order valence-electron chi connectivity index (χ1n) is 15.9. The average molecular weight is 663 g/mol. The first-order chi connectivity index (χ1) is 23.0. The van der Waals surface area contributed by atoms with Gasteiger partial charge < -0.3 is 14.6 Å². The van der Waals surface area contributed by atoms with Gasteiger partial charge in [0.05, 0.1) is 35.0 Å². The minimum Gasteiger partial charge on any atom is -0.444 e. The zero-order chi connectivity index (χ0) is 33.7. The van der Waals surface area contributed by atoms with Crippen molar-refractivity contribution < 1.29 is 9.53 Å². The van der Waals surface area contributed by atoms with Crippen molar-refractivity contribution in [3.63, 3.8) is 0 Å². The Balaban J connectivity index is 1.23. The molecule has 0 spiro atoms. The van der Waals surface area contributed by atoms with Gasteiger partial charge in [0.15, 0.2) is 0 Å². The number of piperidine rings is 1. The van der Waals surface area contributed by atoms with Crippen LogP contribution in [0.1, 0.15) is 45.3 Å². The van der Waals surface area contributed by atoms with Crippen LogP contribution in [-0.4, -0.2) is 54.0 Å². The zero-order valence-electron chi connectivity index (χ0n) is 27.2. The highest BCUT2D eigenvalue weighted by Crippen LogP contribution is 2.40. The molecule has 11 heteroatoms. The number of halogens is 1. The van der Waals surface area contributed by atoms with Gasteiger partial charge in [0, 0.05) is 51.9 Å². The number of aromatic amines is 1. The minimum absolute atomic E-state index is 0.130. The molecule has 1 saturated heterocycles. The number of fused-ring (bicyclic) bond motifs is 2. The van der Waals surface area contributed by atoms with Crippen LogP contribution in [0.5, 0.6) is 0 Å². The number of amides is 1. The van der Waals surface area contributed by atoms with E-state index in [4.69, 9.17) is 21.4 Å². The number of benzene rings is 3. The quantitative estimate of drug-likeness (QED) is 0.212. The molecule has 244 valence electrons. The maximum atomic E-state index is 13.8. The Morgan fingerprint density at radius 3 is 2.48 bits per heavy atom. The molecule has 1 aliphatic rings. The highest BCUT2D eigenvalue weighted by molar-refractivity contribution is 6.34. The summed E-state index contributed by atoms with van der Waals surface area (Å²) in [6.07, 6.45) is 6.31. The van der Waals surface area contributed by atoms with Crippen molar-refractivity contribution in [1.82, 2.24) is 29.2 Å². The molecule has 1 amide bonds. The van der Waals surface area contributed by atoms with Gasteiger partial charge in [-0.25, -0.2) is 14.2 Å². The minimum atomic E-state index is -0.558. The SMILES string of the molecule is Cc1c(-c2cccc(Cl)c2-c2ccc3c(=O)n(-c4cncc5ccccc45)c(=O)[nH]c3c2)cnn1C1CCN(C(=O)OC(C)(C)C)CC1. The average Bonchev–Trinajstić information content (AvgIpc) is 3.44. The Hall–Kier alpha value is -5.22. The summed E-state index contributed by atoms with van der Waals surface area (Å²) in [4.78, 5) is 48.7. The second-order valence-electron chi connectivity index (χ2n) is 13.2. The summed E-state index contributed by atoms with van der Waals surface area (Å²) in [5.41, 5.74) is 3.60. The summed E-state index contributed by atoms with van der Waals surface area (Å²) in [5, 5.41) is 7.26. The van der Waals surface area contributed by atoms with Crippen LogP contribution >= 0.6 is 11.6 Å². The van der Waals surface area contributed by atoms with Gasteiger partial charge in [-0.2, -0.15) is 5.10 Å². The van der Waals surface area contributed by atoms with E-state index in [9.17, 15) is 14.4 Å². The van der Waals surface area contributed by atoms with Crippen LogP contribution in [0.2, 0.25) is 5.02 Å². The molecule has 0 saturated carbocycles. The fourth-order valence-corrected chi connectivity index (χ4v) is 6.87. The van der Waals surface area contributed by atoms with Gasteiger partial charge in [-0.1, -0.05) is 54.1 Å². The molecule has 1 fully saturated rings. The van der Waals surface area contributed by atoms with E-state index in [0.29, 0.717) is 34.7 Å². The number of hydrogen-bond donors (Lipinski definition) is 1. The molecule has 0 bridgehead atoms. The lowest BCUT2D eigenvalue weighted by molar-refractivity contribution is 0.0184. The van der Waals surface area contributed by atoms with E-state index in [1.54, 1.807) is 23.2 Å². The molecule has 3 aromatic carbocycles. The normalized spacial score (nSPS) is 14.1. The fourth-order valence-electron chi connectivity index (χ4n) is 6.59. The Morgan fingerprint density at radius 1 is 0.938 bits per heavy atom. The molecule has 10 nitrogen and oxygen atoms in total. The van der Waals surface area contributed by atoms with Crippen LogP contribution in [0.25, 0.3) is 49.6 Å². The molecular weight excluding hydrogens is 628 g/mol. The number of carbonyl (C=O) groups is 1. The van der Waals surface area contributed by atoms with Crippen molar-refractivity contribution in [3.05, 3.63) is 111 Å². The lowest BCUT2D eigenvalue weighted by atomic mass is 9.94. The van der Waals surface area contributed by atoms with Gasteiger partial charge in [-0.15, -0.1) is 0 Å². The van der Waals surface area contributed by atoms with Crippen LogP contribution in [-0.2, 0) is 4.74 Å². The monoisotopic (exact) mass is 662 g/mol. The summed E-state index contributed by atoms with van der Waals surface area (Å²) >= 11 is 6.87. The first-order valence-corrected chi connectivity index (χ1v) is 16.3. The number of nitrogens with one attached hydrogen (secondary N) is 1. The number of H-pyrrole nitrogens is 1. The van der Waals surface area contributed by atoms with Crippen molar-refractivity contribution in [2.75, 3.05) is 13.1 Å². The van der Waals surface area contributed by atoms with Crippen molar-refractivity contribution >= 4 is 39.4 Å². The molecular formula is C37H35ClN6O4. The van der Waals surface area contributed by atoms with Crippen LogP contribution in [0.3, 0.4) is 0 Å². The van der Waals surface area contributed by atoms with Gasteiger partial charge in [-0.3, -0.25) is 14.5 Å². The molecule has 0 unspecified atom stereocenters. The third-order valence-electron chi connectivity index (χ3n) is 8.89. The third kappa shape index (κ3) is 5.66. The maximum Gasteiger partial charge on any atom is 0.410 e. The standard InChI is InChI=1S/C37H35ClN6O4/c1-22-29(20-40-44(22)25-14-16-42(17-15-25)36(47)48-37(2,3)4)27-10-7-11-30(38)33(27)23-12-13-28-31(18-23)41-35(46)43(34(28)45)32-21-39-19-24-8-5-6-9-26(24)32/h5-13,18-21,25H,14-17H2,1-4H3,(H,41,46). The molecule has 0 radical (unpaired) electrons. The van der Waals surface area contributed by atoms with E-state index >= 15 is 0 Å². The van der Waals surface area contributed by atoms with Gasteiger partial charge in [0.2, 0.25) is 0 Å². The lowest BCUT2D eigenvalue weighted by Gasteiger charge is -2.34. The van der Waals surface area contributed by atoms with Crippen molar-refractivity contribution in [3.8, 4) is 27.9 Å². The predicted octanol–water partition coefficient (Wildman–Crippen LogP) is 7.29.